The molecule has 0 fully saturated rings. The molecule has 0 saturated heterocycles. The van der Waals surface area contributed by atoms with Crippen molar-refractivity contribution in [3.05, 3.63) is 17.5 Å². The Morgan fingerprint density at radius 3 is 2.58 bits per heavy atom. The van der Waals surface area contributed by atoms with Crippen LogP contribution in [0.1, 0.15) is 43.4 Å². The van der Waals surface area contributed by atoms with Crippen molar-refractivity contribution >= 4 is 11.9 Å². The number of rotatable bonds is 6. The largest absolute Gasteiger partial charge is 0.481 e. The van der Waals surface area contributed by atoms with Crippen molar-refractivity contribution in [3.8, 4) is 0 Å². The predicted octanol–water partition coefficient (Wildman–Crippen LogP) is 1.54. The molecule has 0 aliphatic heterocycles. The molecule has 0 spiro atoms. The molecule has 19 heavy (non-hydrogen) atoms. The number of amides is 1. The fourth-order valence-corrected chi connectivity index (χ4v) is 1.92. The Balaban J connectivity index is 2.95. The lowest BCUT2D eigenvalue weighted by Gasteiger charge is -2.26. The Morgan fingerprint density at radius 1 is 1.47 bits per heavy atom. The highest BCUT2D eigenvalue weighted by atomic mass is 16.4. The van der Waals surface area contributed by atoms with Gasteiger partial charge >= 0.3 is 5.97 Å². The first-order valence-corrected chi connectivity index (χ1v) is 6.44. The Bertz CT molecular complexity index is 466. The summed E-state index contributed by atoms with van der Waals surface area (Å²) in [6.45, 7) is 8.32. The average Bonchev–Trinajstić information content (AvgIpc) is 2.69. The van der Waals surface area contributed by atoms with E-state index in [1.807, 2.05) is 27.7 Å². The van der Waals surface area contributed by atoms with Crippen LogP contribution in [0.5, 0.6) is 0 Å². The van der Waals surface area contributed by atoms with Crippen LogP contribution in [0.25, 0.3) is 0 Å². The van der Waals surface area contributed by atoms with Gasteiger partial charge in [0.1, 0.15) is 5.69 Å². The monoisotopic (exact) mass is 267 g/mol. The lowest BCUT2D eigenvalue weighted by molar-refractivity contribution is -0.137. The summed E-state index contributed by atoms with van der Waals surface area (Å²) in [6.07, 6.45) is -0.0524. The Labute approximate surface area is 113 Å². The zero-order valence-electron chi connectivity index (χ0n) is 11.9. The molecule has 0 bridgehead atoms. The molecule has 1 aromatic rings. The summed E-state index contributed by atoms with van der Waals surface area (Å²) in [6, 6.07) is 1.69. The fourth-order valence-electron chi connectivity index (χ4n) is 1.92. The topological polar surface area (TPSA) is 75.4 Å². The summed E-state index contributed by atoms with van der Waals surface area (Å²) in [7, 11) is 0. The van der Waals surface area contributed by atoms with Crippen molar-refractivity contribution < 1.29 is 14.7 Å². The van der Waals surface area contributed by atoms with E-state index in [4.69, 9.17) is 5.11 Å². The van der Waals surface area contributed by atoms with Crippen molar-refractivity contribution in [2.24, 2.45) is 0 Å². The maximum atomic E-state index is 12.5. The van der Waals surface area contributed by atoms with E-state index in [0.29, 0.717) is 12.2 Å². The number of nitrogens with zero attached hydrogens (tertiary/aromatic N) is 3. The summed E-state index contributed by atoms with van der Waals surface area (Å²) >= 11 is 0. The van der Waals surface area contributed by atoms with Gasteiger partial charge in [-0.25, -0.2) is 0 Å². The van der Waals surface area contributed by atoms with Crippen LogP contribution in [0, 0.1) is 6.92 Å². The molecule has 1 amide bonds. The van der Waals surface area contributed by atoms with Crippen LogP contribution in [-0.2, 0) is 11.3 Å². The first-order valence-electron chi connectivity index (χ1n) is 6.44. The zero-order valence-corrected chi connectivity index (χ0v) is 11.9. The molecule has 0 saturated carbocycles. The van der Waals surface area contributed by atoms with E-state index >= 15 is 0 Å². The van der Waals surface area contributed by atoms with Gasteiger partial charge in [0.15, 0.2) is 0 Å². The number of hydrogen-bond donors (Lipinski definition) is 1. The van der Waals surface area contributed by atoms with Crippen molar-refractivity contribution in [2.45, 2.75) is 46.7 Å². The molecule has 1 heterocycles. The van der Waals surface area contributed by atoms with E-state index in [2.05, 4.69) is 5.10 Å². The molecule has 6 nitrogen and oxygen atoms in total. The van der Waals surface area contributed by atoms with E-state index < -0.39 is 5.97 Å². The fraction of sp³-hybridized carbons (Fsp3) is 0.615. The van der Waals surface area contributed by atoms with Crippen molar-refractivity contribution in [3.63, 3.8) is 0 Å². The highest BCUT2D eigenvalue weighted by Crippen LogP contribution is 2.11. The number of carbonyl (C=O) groups is 2. The standard InChI is InChI=1S/C13H21N3O3/c1-5-16-11(8-10(4)14-16)13(19)15(9(2)3)7-6-12(17)18/h8-9H,5-7H2,1-4H3,(H,17,18). The predicted molar refractivity (Wildman–Crippen MR) is 71.1 cm³/mol. The lowest BCUT2D eigenvalue weighted by Crippen LogP contribution is -2.39. The number of carbonyl (C=O) groups excluding carboxylic acids is 1. The van der Waals surface area contributed by atoms with Crippen LogP contribution >= 0.6 is 0 Å². The number of aromatic nitrogens is 2. The summed E-state index contributed by atoms with van der Waals surface area (Å²) in [4.78, 5) is 24.7. The Morgan fingerprint density at radius 2 is 2.11 bits per heavy atom. The van der Waals surface area contributed by atoms with Crippen LogP contribution in [0.3, 0.4) is 0 Å². The molecule has 0 unspecified atom stereocenters. The van der Waals surface area contributed by atoms with Gasteiger partial charge in [0.2, 0.25) is 0 Å². The first kappa shape index (κ1) is 15.2. The minimum atomic E-state index is -0.904. The number of carboxylic acid groups (broad SMARTS) is 1. The summed E-state index contributed by atoms with van der Waals surface area (Å²) in [5.74, 6) is -1.07. The molecule has 0 aliphatic rings. The highest BCUT2D eigenvalue weighted by molar-refractivity contribution is 5.93. The van der Waals surface area contributed by atoms with Crippen LogP contribution in [0.15, 0.2) is 6.07 Å². The van der Waals surface area contributed by atoms with E-state index in [1.165, 1.54) is 0 Å². The van der Waals surface area contributed by atoms with E-state index in [-0.39, 0.29) is 24.9 Å². The molecule has 1 aromatic heterocycles. The normalized spacial score (nSPS) is 10.8. The molecule has 6 heteroatoms. The quantitative estimate of drug-likeness (QED) is 0.848. The molecule has 1 N–H and O–H groups in total. The Hall–Kier alpha value is -1.85. The number of aliphatic carboxylic acids is 1. The van der Waals surface area contributed by atoms with Gasteiger partial charge in [-0.1, -0.05) is 0 Å². The molecule has 1 rings (SSSR count). The van der Waals surface area contributed by atoms with Gasteiger partial charge in [0, 0.05) is 19.1 Å². The minimum absolute atomic E-state index is 0.0487. The molecule has 0 aliphatic carbocycles. The van der Waals surface area contributed by atoms with Crippen LogP contribution in [0.2, 0.25) is 0 Å². The zero-order chi connectivity index (χ0) is 14.6. The summed E-state index contributed by atoms with van der Waals surface area (Å²) in [5, 5.41) is 13.0. The number of hydrogen-bond acceptors (Lipinski definition) is 3. The third-order valence-electron chi connectivity index (χ3n) is 2.87. The van der Waals surface area contributed by atoms with Crippen LogP contribution in [-0.4, -0.2) is 44.3 Å². The molecule has 0 atom stereocenters. The second-order valence-corrected chi connectivity index (χ2v) is 4.72. The van der Waals surface area contributed by atoms with Gasteiger partial charge in [-0.05, 0) is 33.8 Å². The van der Waals surface area contributed by atoms with Gasteiger partial charge in [-0.3, -0.25) is 14.3 Å². The third kappa shape index (κ3) is 3.81. The van der Waals surface area contributed by atoms with Crippen molar-refractivity contribution in [1.29, 1.82) is 0 Å². The maximum Gasteiger partial charge on any atom is 0.305 e. The minimum Gasteiger partial charge on any atom is -0.481 e. The molecular formula is C13H21N3O3. The van der Waals surface area contributed by atoms with E-state index in [9.17, 15) is 9.59 Å². The van der Waals surface area contributed by atoms with Gasteiger partial charge in [-0.2, -0.15) is 5.10 Å². The first-order chi connectivity index (χ1) is 8.86. The van der Waals surface area contributed by atoms with E-state index in [1.54, 1.807) is 15.6 Å². The van der Waals surface area contributed by atoms with Gasteiger partial charge in [-0.15, -0.1) is 0 Å². The van der Waals surface area contributed by atoms with E-state index in [0.717, 1.165) is 5.69 Å². The molecule has 0 aromatic carbocycles. The van der Waals surface area contributed by atoms with Crippen molar-refractivity contribution in [2.75, 3.05) is 6.54 Å². The van der Waals surface area contributed by atoms with Gasteiger partial charge < -0.3 is 10.0 Å². The molecular weight excluding hydrogens is 246 g/mol. The maximum absolute atomic E-state index is 12.5. The lowest BCUT2D eigenvalue weighted by atomic mass is 10.2. The SMILES string of the molecule is CCn1nc(C)cc1C(=O)N(CCC(=O)O)C(C)C. The molecule has 106 valence electrons. The van der Waals surface area contributed by atoms with Gasteiger partial charge in [0.25, 0.3) is 5.91 Å². The number of aryl methyl sites for hydroxylation is 2. The summed E-state index contributed by atoms with van der Waals surface area (Å²) < 4.78 is 1.65. The summed E-state index contributed by atoms with van der Waals surface area (Å²) in [5.41, 5.74) is 1.30. The average molecular weight is 267 g/mol. The number of carboxylic acids is 1. The van der Waals surface area contributed by atoms with Crippen molar-refractivity contribution in [1.82, 2.24) is 14.7 Å². The highest BCUT2D eigenvalue weighted by Gasteiger charge is 2.23. The second kappa shape index (κ2) is 6.36. The van der Waals surface area contributed by atoms with Gasteiger partial charge in [0.05, 0.1) is 12.1 Å². The third-order valence-corrected chi connectivity index (χ3v) is 2.87. The second-order valence-electron chi connectivity index (χ2n) is 4.72. The smallest absolute Gasteiger partial charge is 0.305 e. The van der Waals surface area contributed by atoms with Crippen LogP contribution in [0.4, 0.5) is 0 Å². The Kier molecular flexibility index (Phi) is 5.09. The van der Waals surface area contributed by atoms with Crippen LogP contribution < -0.4 is 0 Å². The molecule has 0 radical (unpaired) electrons.